The Hall–Kier alpha value is -1.25. The number of nitrogens with zero attached hydrogens (tertiary/aromatic N) is 2. The number of likely N-dealkylation sites (tertiary alicyclic amines) is 1. The van der Waals surface area contributed by atoms with E-state index < -0.39 is 0 Å². The van der Waals surface area contributed by atoms with E-state index in [1.807, 2.05) is 4.90 Å². The SMILES string of the molecule is CN(C)C(C1=CC2CN(C=O)CC2C1)=C1CC1. The smallest absolute Gasteiger partial charge is 0.209 e. The molecule has 17 heavy (non-hydrogen) atoms. The predicted molar refractivity (Wildman–Crippen MR) is 67.3 cm³/mol. The van der Waals surface area contributed by atoms with Gasteiger partial charge in [0.1, 0.15) is 0 Å². The molecule has 92 valence electrons. The molecule has 1 amide bonds. The van der Waals surface area contributed by atoms with Crippen LogP contribution in [0.15, 0.2) is 22.9 Å². The van der Waals surface area contributed by atoms with E-state index in [1.54, 1.807) is 5.57 Å². The third-order valence-electron chi connectivity index (χ3n) is 4.15. The van der Waals surface area contributed by atoms with Gasteiger partial charge in [0.15, 0.2) is 0 Å². The molecular weight excluding hydrogens is 212 g/mol. The summed E-state index contributed by atoms with van der Waals surface area (Å²) in [5.74, 6) is 1.27. The molecule has 0 radical (unpaired) electrons. The Morgan fingerprint density at radius 1 is 1.41 bits per heavy atom. The van der Waals surface area contributed by atoms with Gasteiger partial charge in [-0.3, -0.25) is 4.79 Å². The quantitative estimate of drug-likeness (QED) is 0.690. The number of likely N-dealkylation sites (N-methyl/N-ethyl adjacent to an activating group) is 1. The summed E-state index contributed by atoms with van der Waals surface area (Å²) in [6.07, 6.45) is 7.14. The third kappa shape index (κ3) is 1.88. The summed E-state index contributed by atoms with van der Waals surface area (Å²) in [5, 5.41) is 0. The van der Waals surface area contributed by atoms with Crippen molar-refractivity contribution in [3.63, 3.8) is 0 Å². The number of fused-ring (bicyclic) bond motifs is 1. The van der Waals surface area contributed by atoms with Crippen LogP contribution >= 0.6 is 0 Å². The van der Waals surface area contributed by atoms with Gasteiger partial charge >= 0.3 is 0 Å². The maximum absolute atomic E-state index is 10.8. The van der Waals surface area contributed by atoms with Crippen molar-refractivity contribution < 1.29 is 4.79 Å². The zero-order valence-corrected chi connectivity index (χ0v) is 10.6. The van der Waals surface area contributed by atoms with Crippen molar-refractivity contribution in [2.24, 2.45) is 11.8 Å². The lowest BCUT2D eigenvalue weighted by Gasteiger charge is -2.20. The van der Waals surface area contributed by atoms with E-state index in [2.05, 4.69) is 25.1 Å². The molecule has 3 nitrogen and oxygen atoms in total. The Bertz CT molecular complexity index is 402. The largest absolute Gasteiger partial charge is 0.377 e. The predicted octanol–water partition coefficient (Wildman–Crippen LogP) is 1.63. The molecule has 0 aromatic rings. The Morgan fingerprint density at radius 2 is 2.18 bits per heavy atom. The molecule has 2 unspecified atom stereocenters. The molecule has 2 fully saturated rings. The van der Waals surface area contributed by atoms with Gasteiger partial charge in [-0.1, -0.05) is 6.08 Å². The summed E-state index contributed by atoms with van der Waals surface area (Å²) >= 11 is 0. The molecule has 1 saturated heterocycles. The summed E-state index contributed by atoms with van der Waals surface area (Å²) in [4.78, 5) is 15.0. The average molecular weight is 232 g/mol. The maximum atomic E-state index is 10.8. The minimum absolute atomic E-state index is 0.601. The number of allylic oxidation sites excluding steroid dienone is 2. The van der Waals surface area contributed by atoms with Crippen LogP contribution in [-0.2, 0) is 4.79 Å². The molecule has 0 aromatic carbocycles. The van der Waals surface area contributed by atoms with Crippen LogP contribution in [0.2, 0.25) is 0 Å². The molecule has 0 N–H and O–H groups in total. The molecule has 2 aliphatic carbocycles. The number of rotatable bonds is 3. The van der Waals surface area contributed by atoms with Crippen LogP contribution in [-0.4, -0.2) is 43.4 Å². The van der Waals surface area contributed by atoms with Gasteiger partial charge in [0.25, 0.3) is 0 Å². The number of carbonyl (C=O) groups is 1. The normalized spacial score (nSPS) is 30.1. The lowest BCUT2D eigenvalue weighted by molar-refractivity contribution is -0.117. The first-order valence-electron chi connectivity index (χ1n) is 6.49. The molecule has 3 heteroatoms. The zero-order valence-electron chi connectivity index (χ0n) is 10.6. The minimum atomic E-state index is 0.601. The van der Waals surface area contributed by atoms with Gasteiger partial charge in [-0.2, -0.15) is 0 Å². The summed E-state index contributed by atoms with van der Waals surface area (Å²) in [6.45, 7) is 1.87. The second-order valence-electron chi connectivity index (χ2n) is 5.73. The van der Waals surface area contributed by atoms with Crippen molar-refractivity contribution in [2.45, 2.75) is 19.3 Å². The molecule has 1 heterocycles. The van der Waals surface area contributed by atoms with E-state index in [4.69, 9.17) is 0 Å². The molecule has 1 aliphatic heterocycles. The van der Waals surface area contributed by atoms with Gasteiger partial charge in [-0.15, -0.1) is 0 Å². The first kappa shape index (κ1) is 10.9. The standard InChI is InChI=1S/C14H20N2O/c1-15(2)14(10-3-4-10)11-5-12-7-16(9-17)8-13(12)6-11/h5,9,12-13H,3-4,6-8H2,1-2H3. The summed E-state index contributed by atoms with van der Waals surface area (Å²) < 4.78 is 0. The third-order valence-corrected chi connectivity index (χ3v) is 4.15. The van der Waals surface area contributed by atoms with E-state index >= 15 is 0 Å². The fraction of sp³-hybridized carbons (Fsp3) is 0.643. The summed E-state index contributed by atoms with van der Waals surface area (Å²) in [5.41, 5.74) is 4.63. The Kier molecular flexibility index (Phi) is 2.49. The molecule has 2 atom stereocenters. The second kappa shape index (κ2) is 3.90. The van der Waals surface area contributed by atoms with Crippen molar-refractivity contribution in [3.8, 4) is 0 Å². The zero-order chi connectivity index (χ0) is 12.0. The van der Waals surface area contributed by atoms with E-state index in [-0.39, 0.29) is 0 Å². The van der Waals surface area contributed by atoms with Gasteiger partial charge in [0.2, 0.25) is 6.41 Å². The van der Waals surface area contributed by atoms with Gasteiger partial charge < -0.3 is 9.80 Å². The van der Waals surface area contributed by atoms with Crippen LogP contribution in [0.1, 0.15) is 19.3 Å². The van der Waals surface area contributed by atoms with E-state index in [0.29, 0.717) is 11.8 Å². The van der Waals surface area contributed by atoms with E-state index in [1.165, 1.54) is 24.1 Å². The molecular formula is C14H20N2O. The molecule has 3 rings (SSSR count). The molecule has 1 saturated carbocycles. The summed E-state index contributed by atoms with van der Waals surface area (Å²) in [6, 6.07) is 0. The Balaban J connectivity index is 1.80. The van der Waals surface area contributed by atoms with Crippen LogP contribution in [0.4, 0.5) is 0 Å². The second-order valence-corrected chi connectivity index (χ2v) is 5.73. The highest BCUT2D eigenvalue weighted by atomic mass is 16.1. The fourth-order valence-electron chi connectivity index (χ4n) is 3.34. The van der Waals surface area contributed by atoms with Gasteiger partial charge in [-0.25, -0.2) is 0 Å². The van der Waals surface area contributed by atoms with Crippen molar-refractivity contribution in [1.82, 2.24) is 9.80 Å². The number of carbonyl (C=O) groups excluding carboxylic acids is 1. The van der Waals surface area contributed by atoms with Crippen LogP contribution < -0.4 is 0 Å². The lowest BCUT2D eigenvalue weighted by Crippen LogP contribution is -2.20. The van der Waals surface area contributed by atoms with Gasteiger partial charge in [0.05, 0.1) is 0 Å². The number of hydrogen-bond donors (Lipinski definition) is 0. The Morgan fingerprint density at radius 3 is 2.71 bits per heavy atom. The topological polar surface area (TPSA) is 23.6 Å². The molecule has 0 aromatic heterocycles. The van der Waals surface area contributed by atoms with Gasteiger partial charge in [-0.05, 0) is 42.2 Å². The fourth-order valence-corrected chi connectivity index (χ4v) is 3.34. The number of hydrogen-bond acceptors (Lipinski definition) is 2. The van der Waals surface area contributed by atoms with Crippen molar-refractivity contribution >= 4 is 6.41 Å². The number of amides is 1. The Labute approximate surface area is 103 Å². The minimum Gasteiger partial charge on any atom is -0.377 e. The first-order chi connectivity index (χ1) is 8.19. The highest BCUT2D eigenvalue weighted by Gasteiger charge is 2.37. The average Bonchev–Trinajstić information content (AvgIpc) is 2.88. The maximum Gasteiger partial charge on any atom is 0.209 e. The molecule has 0 bridgehead atoms. The summed E-state index contributed by atoms with van der Waals surface area (Å²) in [7, 11) is 4.29. The van der Waals surface area contributed by atoms with Crippen LogP contribution in [0.5, 0.6) is 0 Å². The lowest BCUT2D eigenvalue weighted by atomic mass is 9.99. The monoisotopic (exact) mass is 232 g/mol. The van der Waals surface area contributed by atoms with Gasteiger partial charge in [0, 0.05) is 32.9 Å². The van der Waals surface area contributed by atoms with Crippen molar-refractivity contribution in [1.29, 1.82) is 0 Å². The van der Waals surface area contributed by atoms with Crippen LogP contribution in [0, 0.1) is 11.8 Å². The highest BCUT2D eigenvalue weighted by Crippen LogP contribution is 2.44. The van der Waals surface area contributed by atoms with Crippen LogP contribution in [0.25, 0.3) is 0 Å². The first-order valence-corrected chi connectivity index (χ1v) is 6.49. The molecule has 3 aliphatic rings. The molecule has 0 spiro atoms. The van der Waals surface area contributed by atoms with Crippen molar-refractivity contribution in [2.75, 3.05) is 27.2 Å². The van der Waals surface area contributed by atoms with Crippen LogP contribution in [0.3, 0.4) is 0 Å². The van der Waals surface area contributed by atoms with E-state index in [0.717, 1.165) is 25.9 Å². The highest BCUT2D eigenvalue weighted by molar-refractivity contribution is 5.49. The van der Waals surface area contributed by atoms with E-state index in [9.17, 15) is 4.79 Å². The van der Waals surface area contributed by atoms with Crippen molar-refractivity contribution in [3.05, 3.63) is 22.9 Å².